The maximum atomic E-state index is 9.55. The van der Waals surface area contributed by atoms with Crippen LogP contribution in [0.15, 0.2) is 22.7 Å². The summed E-state index contributed by atoms with van der Waals surface area (Å²) in [7, 11) is 1.89. The van der Waals surface area contributed by atoms with Crippen molar-refractivity contribution >= 4 is 15.9 Å². The van der Waals surface area contributed by atoms with Gasteiger partial charge < -0.3 is 9.84 Å². The number of aliphatic hydroxyl groups is 1. The number of halogens is 1. The molecule has 0 amide bonds. The van der Waals surface area contributed by atoms with E-state index in [0.29, 0.717) is 5.75 Å². The van der Waals surface area contributed by atoms with Crippen LogP contribution in [0, 0.1) is 13.8 Å². The molecule has 2 rings (SSSR count). The van der Waals surface area contributed by atoms with Crippen LogP contribution in [0.1, 0.15) is 30.0 Å². The van der Waals surface area contributed by atoms with Crippen molar-refractivity contribution in [2.75, 3.05) is 0 Å². The molecule has 4 nitrogen and oxygen atoms in total. The van der Waals surface area contributed by atoms with Crippen LogP contribution >= 0.6 is 15.9 Å². The van der Waals surface area contributed by atoms with E-state index < -0.39 is 6.10 Å². The largest absolute Gasteiger partial charge is 0.452 e. The van der Waals surface area contributed by atoms with Crippen LogP contribution in [0.4, 0.5) is 0 Å². The number of hydrogen-bond acceptors (Lipinski definition) is 3. The molecular formula is C14H17BrN2O2. The summed E-state index contributed by atoms with van der Waals surface area (Å²) in [5.74, 6) is 1.48. The maximum Gasteiger partial charge on any atom is 0.171 e. The zero-order valence-corrected chi connectivity index (χ0v) is 13.0. The first-order chi connectivity index (χ1) is 8.90. The molecule has 0 saturated carbocycles. The summed E-state index contributed by atoms with van der Waals surface area (Å²) in [6.45, 7) is 5.62. The van der Waals surface area contributed by atoms with Crippen molar-refractivity contribution in [2.24, 2.45) is 7.05 Å². The van der Waals surface area contributed by atoms with Crippen LogP contribution < -0.4 is 4.74 Å². The van der Waals surface area contributed by atoms with E-state index in [2.05, 4.69) is 21.0 Å². The summed E-state index contributed by atoms with van der Waals surface area (Å²) in [4.78, 5) is 0. The van der Waals surface area contributed by atoms with Crippen LogP contribution in [0.5, 0.6) is 11.5 Å². The van der Waals surface area contributed by atoms with Crippen molar-refractivity contribution in [2.45, 2.75) is 26.9 Å². The molecule has 1 heterocycles. The van der Waals surface area contributed by atoms with Crippen molar-refractivity contribution in [3.05, 3.63) is 39.6 Å². The van der Waals surface area contributed by atoms with Gasteiger partial charge in [-0.15, -0.1) is 0 Å². The van der Waals surface area contributed by atoms with Crippen molar-refractivity contribution in [1.29, 1.82) is 0 Å². The van der Waals surface area contributed by atoms with E-state index in [0.717, 1.165) is 27.2 Å². The number of rotatable bonds is 3. The van der Waals surface area contributed by atoms with Crippen LogP contribution in [0.2, 0.25) is 0 Å². The average Bonchev–Trinajstić information content (AvgIpc) is 2.58. The number of nitrogens with zero attached hydrogens (tertiary/aromatic N) is 2. The summed E-state index contributed by atoms with van der Waals surface area (Å²) in [5.41, 5.74) is 2.68. The number of aromatic nitrogens is 2. The Bertz CT molecular complexity index is 606. The first kappa shape index (κ1) is 14.1. The number of hydrogen-bond donors (Lipinski definition) is 1. The molecule has 0 unspecified atom stereocenters. The zero-order valence-electron chi connectivity index (χ0n) is 11.4. The van der Waals surface area contributed by atoms with Crippen LogP contribution in [0.3, 0.4) is 0 Å². The van der Waals surface area contributed by atoms with E-state index in [1.165, 1.54) is 0 Å². The Kier molecular flexibility index (Phi) is 3.96. The Hall–Kier alpha value is -1.33. The fourth-order valence-electron chi connectivity index (χ4n) is 1.87. The number of ether oxygens (including phenoxy) is 1. The van der Waals surface area contributed by atoms with Gasteiger partial charge in [0.15, 0.2) is 5.75 Å². The van der Waals surface area contributed by atoms with E-state index in [1.807, 2.05) is 39.1 Å². The number of aliphatic hydroxyl groups excluding tert-OH is 1. The van der Waals surface area contributed by atoms with Gasteiger partial charge in [-0.25, -0.2) is 0 Å². The van der Waals surface area contributed by atoms with E-state index >= 15 is 0 Å². The lowest BCUT2D eigenvalue weighted by Crippen LogP contribution is -1.94. The minimum atomic E-state index is -0.493. The molecule has 1 aromatic heterocycles. The van der Waals surface area contributed by atoms with Gasteiger partial charge in [0.25, 0.3) is 0 Å². The standard InChI is InChI=1S/C14H17BrN2O2/c1-8-14(9(2)17(4)16-8)19-13-6-5-11(10(3)18)7-12(13)15/h5-7,10,18H,1-4H3/t10-/m1/s1. The monoisotopic (exact) mass is 324 g/mol. The Balaban J connectivity index is 2.34. The minimum absolute atomic E-state index is 0.493. The highest BCUT2D eigenvalue weighted by molar-refractivity contribution is 9.10. The third-order valence-corrected chi connectivity index (χ3v) is 3.71. The van der Waals surface area contributed by atoms with Gasteiger partial charge in [-0.2, -0.15) is 5.10 Å². The van der Waals surface area contributed by atoms with Gasteiger partial charge in [-0.1, -0.05) is 6.07 Å². The predicted molar refractivity (Wildman–Crippen MR) is 77.5 cm³/mol. The molecule has 2 aromatic rings. The van der Waals surface area contributed by atoms with Crippen molar-refractivity contribution in [1.82, 2.24) is 9.78 Å². The fourth-order valence-corrected chi connectivity index (χ4v) is 2.35. The van der Waals surface area contributed by atoms with Gasteiger partial charge >= 0.3 is 0 Å². The predicted octanol–water partition coefficient (Wildman–Crippen LogP) is 3.65. The highest BCUT2D eigenvalue weighted by atomic mass is 79.9. The van der Waals surface area contributed by atoms with Gasteiger partial charge in [-0.05, 0) is 54.4 Å². The van der Waals surface area contributed by atoms with Gasteiger partial charge in [-0.3, -0.25) is 4.68 Å². The highest BCUT2D eigenvalue weighted by Gasteiger charge is 2.14. The molecule has 1 atom stereocenters. The van der Waals surface area contributed by atoms with E-state index in [-0.39, 0.29) is 0 Å². The van der Waals surface area contributed by atoms with E-state index in [9.17, 15) is 5.11 Å². The molecule has 0 radical (unpaired) electrons. The molecule has 0 saturated heterocycles. The molecule has 0 aliphatic heterocycles. The molecule has 0 bridgehead atoms. The quantitative estimate of drug-likeness (QED) is 0.937. The Morgan fingerprint density at radius 1 is 1.37 bits per heavy atom. The zero-order chi connectivity index (χ0) is 14.2. The fraction of sp³-hybridized carbons (Fsp3) is 0.357. The maximum absolute atomic E-state index is 9.55. The average molecular weight is 325 g/mol. The van der Waals surface area contributed by atoms with Crippen molar-refractivity contribution in [3.63, 3.8) is 0 Å². The van der Waals surface area contributed by atoms with Crippen LogP contribution in [-0.4, -0.2) is 14.9 Å². The van der Waals surface area contributed by atoms with E-state index in [4.69, 9.17) is 4.74 Å². The Morgan fingerprint density at radius 3 is 2.53 bits per heavy atom. The second-order valence-corrected chi connectivity index (χ2v) is 5.45. The first-order valence-electron chi connectivity index (χ1n) is 6.05. The SMILES string of the molecule is Cc1nn(C)c(C)c1Oc1ccc([C@@H](C)O)cc1Br. The molecule has 1 N–H and O–H groups in total. The summed E-state index contributed by atoms with van der Waals surface area (Å²) in [6.07, 6.45) is -0.493. The van der Waals surface area contributed by atoms with Crippen LogP contribution in [0.25, 0.3) is 0 Å². The molecule has 0 aliphatic rings. The second-order valence-electron chi connectivity index (χ2n) is 4.59. The molecule has 0 spiro atoms. The summed E-state index contributed by atoms with van der Waals surface area (Å²) in [5, 5.41) is 13.9. The third-order valence-electron chi connectivity index (χ3n) is 3.09. The summed E-state index contributed by atoms with van der Waals surface area (Å²) in [6, 6.07) is 5.56. The normalized spacial score (nSPS) is 12.5. The molecule has 5 heteroatoms. The van der Waals surface area contributed by atoms with E-state index in [1.54, 1.807) is 11.6 Å². The topological polar surface area (TPSA) is 47.3 Å². The third kappa shape index (κ3) is 2.82. The lowest BCUT2D eigenvalue weighted by molar-refractivity contribution is 0.199. The lowest BCUT2D eigenvalue weighted by Gasteiger charge is -2.11. The van der Waals surface area contributed by atoms with Gasteiger partial charge in [0.05, 0.1) is 16.3 Å². The smallest absolute Gasteiger partial charge is 0.171 e. The lowest BCUT2D eigenvalue weighted by atomic mass is 10.1. The Morgan fingerprint density at radius 2 is 2.05 bits per heavy atom. The number of benzene rings is 1. The van der Waals surface area contributed by atoms with Crippen molar-refractivity contribution < 1.29 is 9.84 Å². The number of aryl methyl sites for hydroxylation is 2. The molecule has 0 aliphatic carbocycles. The highest BCUT2D eigenvalue weighted by Crippen LogP contribution is 2.34. The van der Waals surface area contributed by atoms with Crippen LogP contribution in [-0.2, 0) is 7.05 Å². The minimum Gasteiger partial charge on any atom is -0.452 e. The Labute approximate surface area is 121 Å². The molecule has 19 heavy (non-hydrogen) atoms. The summed E-state index contributed by atoms with van der Waals surface area (Å²) >= 11 is 3.47. The van der Waals surface area contributed by atoms with Crippen molar-refractivity contribution in [3.8, 4) is 11.5 Å². The molecule has 1 aromatic carbocycles. The van der Waals surface area contributed by atoms with Gasteiger partial charge in [0.2, 0.25) is 0 Å². The summed E-state index contributed by atoms with van der Waals surface area (Å²) < 4.78 is 8.52. The molecule has 102 valence electrons. The van der Waals surface area contributed by atoms with Gasteiger partial charge in [0.1, 0.15) is 11.4 Å². The first-order valence-corrected chi connectivity index (χ1v) is 6.85. The molecule has 0 fully saturated rings. The second kappa shape index (κ2) is 5.35. The molecular weight excluding hydrogens is 308 g/mol. The van der Waals surface area contributed by atoms with Gasteiger partial charge in [0, 0.05) is 7.05 Å².